The van der Waals surface area contributed by atoms with E-state index in [0.717, 1.165) is 27.8 Å². The van der Waals surface area contributed by atoms with Crippen molar-refractivity contribution in [1.29, 1.82) is 0 Å². The van der Waals surface area contributed by atoms with E-state index in [0.29, 0.717) is 18.5 Å². The standard InChI is InChI=1S/C46H84N8O10/c1-17-21-22-31(9)39(56)38(53(16)37(55)25-29(5)6)42(59)48-33(18-2)43(60)51(14)36(28-64-24-23-54(19-3)20-4)44(61)50(13)35(27-46(11,12)63)41(58)49-45(62)52(15)34(40(47)57)26-32(10)30(7)8/h17,21,29-31,33-36,38-39,56,63H,10,18-20,22-28H2,1-9,11-16H3,(H2,47,57)(H,48,59)(H,49,58,62)/b21-17+/t31-,33+,34-,35+,36-,38+,39-/m1/s1. The quantitative estimate of drug-likeness (QED) is 0.0541. The number of rotatable bonds is 29. The van der Waals surface area contributed by atoms with Gasteiger partial charge in [0.15, 0.2) is 0 Å². The number of amides is 8. The predicted octanol–water partition coefficient (Wildman–Crippen LogP) is 2.52. The van der Waals surface area contributed by atoms with Gasteiger partial charge in [0.1, 0.15) is 30.2 Å². The van der Waals surface area contributed by atoms with Crippen LogP contribution in [0.15, 0.2) is 24.3 Å². The summed E-state index contributed by atoms with van der Waals surface area (Å²) in [5, 5.41) is 27.4. The maximum absolute atomic E-state index is 14.7. The first-order valence-electron chi connectivity index (χ1n) is 22.6. The molecule has 0 aromatic heterocycles. The average molecular weight is 909 g/mol. The monoisotopic (exact) mass is 909 g/mol. The van der Waals surface area contributed by atoms with Crippen molar-refractivity contribution in [2.45, 2.75) is 150 Å². The number of hydrogen-bond acceptors (Lipinski definition) is 11. The van der Waals surface area contributed by atoms with Crippen molar-refractivity contribution < 1.29 is 48.5 Å². The zero-order valence-corrected chi connectivity index (χ0v) is 41.6. The van der Waals surface area contributed by atoms with Crippen molar-refractivity contribution in [3.8, 4) is 0 Å². The van der Waals surface area contributed by atoms with Crippen molar-refractivity contribution >= 4 is 41.5 Å². The lowest BCUT2D eigenvalue weighted by atomic mass is 9.92. The molecule has 64 heavy (non-hydrogen) atoms. The Hall–Kier alpha value is -4.39. The number of imide groups is 1. The average Bonchev–Trinajstić information content (AvgIpc) is 3.21. The van der Waals surface area contributed by atoms with Gasteiger partial charge in [-0.1, -0.05) is 79.7 Å². The van der Waals surface area contributed by atoms with Gasteiger partial charge in [0.2, 0.25) is 29.5 Å². The van der Waals surface area contributed by atoms with E-state index in [9.17, 15) is 43.8 Å². The summed E-state index contributed by atoms with van der Waals surface area (Å²) in [5.74, 6) is -4.86. The number of aliphatic hydroxyl groups excluding tert-OH is 1. The molecule has 0 radical (unpaired) electrons. The van der Waals surface area contributed by atoms with Gasteiger partial charge < -0.3 is 50.5 Å². The van der Waals surface area contributed by atoms with E-state index in [1.54, 1.807) is 13.8 Å². The number of allylic oxidation sites excluding steroid dienone is 2. The first-order chi connectivity index (χ1) is 29.6. The van der Waals surface area contributed by atoms with Gasteiger partial charge in [-0.2, -0.15) is 0 Å². The minimum absolute atomic E-state index is 0.0161. The number of ether oxygens (including phenoxy) is 1. The minimum Gasteiger partial charge on any atom is -0.390 e. The number of carbonyl (C=O) groups is 7. The number of nitrogens with one attached hydrogen (secondary N) is 2. The van der Waals surface area contributed by atoms with Crippen LogP contribution in [0.25, 0.3) is 0 Å². The molecule has 0 aromatic carbocycles. The number of nitrogens with two attached hydrogens (primary N) is 1. The van der Waals surface area contributed by atoms with Gasteiger partial charge >= 0.3 is 6.03 Å². The normalized spacial score (nSPS) is 15.2. The molecule has 0 aliphatic carbocycles. The second-order valence-corrected chi connectivity index (χ2v) is 18.2. The summed E-state index contributed by atoms with van der Waals surface area (Å²) in [7, 11) is 5.41. The molecule has 18 nitrogen and oxygen atoms in total. The topological polar surface area (TPSA) is 235 Å². The number of hydrogen-bond donors (Lipinski definition) is 5. The SMILES string of the molecule is C=C(C[C@H](C(N)=O)N(C)C(=O)NC(=O)[C@H](CC(C)(C)O)N(C)C(=O)[C@@H](COCCN(CC)CC)N(C)C(=O)[C@H](CC)NC(=O)[C@H]([C@H](O)[C@H](C)C/C=C/C)N(C)C(=O)CC(C)C)C(C)C. The van der Waals surface area contributed by atoms with E-state index in [1.165, 1.54) is 46.9 Å². The molecule has 8 amide bonds. The van der Waals surface area contributed by atoms with Crippen LogP contribution in [-0.4, -0.2) is 179 Å². The maximum atomic E-state index is 14.7. The molecule has 0 bridgehead atoms. The molecular weight excluding hydrogens is 825 g/mol. The molecule has 0 fully saturated rings. The lowest BCUT2D eigenvalue weighted by Crippen LogP contribution is -2.62. The molecule has 0 aromatic rings. The number of primary amides is 1. The molecular formula is C46H84N8O10. The predicted molar refractivity (Wildman–Crippen MR) is 248 cm³/mol. The van der Waals surface area contributed by atoms with Gasteiger partial charge in [-0.3, -0.25) is 34.1 Å². The third-order valence-corrected chi connectivity index (χ3v) is 11.6. The number of nitrogens with zero attached hydrogens (tertiary/aromatic N) is 5. The Balaban J connectivity index is 7.00. The first kappa shape index (κ1) is 59.6. The van der Waals surface area contributed by atoms with Crippen LogP contribution in [0.1, 0.15) is 108 Å². The fraction of sp³-hybridized carbons (Fsp3) is 0.761. The lowest BCUT2D eigenvalue weighted by molar-refractivity contribution is -0.153. The molecule has 0 saturated carbocycles. The van der Waals surface area contributed by atoms with E-state index in [2.05, 4.69) is 22.1 Å². The molecule has 0 rings (SSSR count). The summed E-state index contributed by atoms with van der Waals surface area (Å²) in [6.45, 7) is 25.4. The highest BCUT2D eigenvalue weighted by molar-refractivity contribution is 6.01. The van der Waals surface area contributed by atoms with E-state index < -0.39 is 83.4 Å². The highest BCUT2D eigenvalue weighted by atomic mass is 16.5. The molecule has 0 unspecified atom stereocenters. The van der Waals surface area contributed by atoms with Crippen molar-refractivity contribution in [2.75, 3.05) is 61.0 Å². The fourth-order valence-electron chi connectivity index (χ4n) is 6.88. The lowest BCUT2D eigenvalue weighted by Gasteiger charge is -2.38. The van der Waals surface area contributed by atoms with E-state index >= 15 is 0 Å². The van der Waals surface area contributed by atoms with Crippen LogP contribution in [0, 0.1) is 17.8 Å². The third kappa shape index (κ3) is 19.4. The van der Waals surface area contributed by atoms with E-state index in [4.69, 9.17) is 10.5 Å². The Morgan fingerprint density at radius 1 is 0.812 bits per heavy atom. The summed E-state index contributed by atoms with van der Waals surface area (Å²) >= 11 is 0. The van der Waals surface area contributed by atoms with Crippen molar-refractivity contribution in [2.24, 2.45) is 23.5 Å². The van der Waals surface area contributed by atoms with Crippen LogP contribution in [0.5, 0.6) is 0 Å². The molecule has 7 atom stereocenters. The van der Waals surface area contributed by atoms with Crippen molar-refractivity contribution in [3.63, 3.8) is 0 Å². The van der Waals surface area contributed by atoms with Crippen LogP contribution < -0.4 is 16.4 Å². The van der Waals surface area contributed by atoms with Crippen LogP contribution in [-0.2, 0) is 33.5 Å². The van der Waals surface area contributed by atoms with Crippen molar-refractivity contribution in [1.82, 2.24) is 35.1 Å². The highest BCUT2D eigenvalue weighted by Crippen LogP contribution is 2.22. The molecule has 368 valence electrons. The van der Waals surface area contributed by atoms with Gasteiger partial charge in [-0.05, 0) is 70.9 Å². The van der Waals surface area contributed by atoms with E-state index in [-0.39, 0.29) is 56.6 Å². The smallest absolute Gasteiger partial charge is 0.324 e. The summed E-state index contributed by atoms with van der Waals surface area (Å²) in [6.07, 6.45) is 2.70. The number of carbonyl (C=O) groups excluding carboxylic acids is 7. The van der Waals surface area contributed by atoms with Crippen LogP contribution >= 0.6 is 0 Å². The van der Waals surface area contributed by atoms with Crippen LogP contribution in [0.2, 0.25) is 0 Å². The summed E-state index contributed by atoms with van der Waals surface area (Å²) in [5.41, 5.74) is 4.75. The summed E-state index contributed by atoms with van der Waals surface area (Å²) in [6, 6.07) is -7.54. The number of aliphatic hydroxyl groups is 2. The minimum atomic E-state index is -1.54. The Morgan fingerprint density at radius 3 is 1.84 bits per heavy atom. The van der Waals surface area contributed by atoms with E-state index in [1.807, 2.05) is 60.6 Å². The molecule has 0 spiro atoms. The fourth-order valence-corrected chi connectivity index (χ4v) is 6.88. The molecule has 18 heteroatoms. The highest BCUT2D eigenvalue weighted by Gasteiger charge is 2.42. The third-order valence-electron chi connectivity index (χ3n) is 11.6. The Kier molecular flexibility index (Phi) is 26.5. The van der Waals surface area contributed by atoms with Gasteiger partial charge in [-0.25, -0.2) is 4.79 Å². The van der Waals surface area contributed by atoms with Crippen LogP contribution in [0.4, 0.5) is 4.79 Å². The van der Waals surface area contributed by atoms with Gasteiger partial charge in [-0.15, -0.1) is 0 Å². The number of urea groups is 1. The van der Waals surface area contributed by atoms with Crippen molar-refractivity contribution in [3.05, 3.63) is 24.3 Å². The second-order valence-electron chi connectivity index (χ2n) is 18.2. The second kappa shape index (κ2) is 28.5. The Labute approximate surface area is 383 Å². The van der Waals surface area contributed by atoms with Gasteiger partial charge in [0.05, 0.1) is 24.9 Å². The zero-order valence-electron chi connectivity index (χ0n) is 41.6. The zero-order chi connectivity index (χ0) is 49.8. The van der Waals surface area contributed by atoms with Crippen LogP contribution in [0.3, 0.4) is 0 Å². The van der Waals surface area contributed by atoms with Gasteiger partial charge in [0.25, 0.3) is 5.91 Å². The first-order valence-corrected chi connectivity index (χ1v) is 22.6. The van der Waals surface area contributed by atoms with Gasteiger partial charge in [0, 0.05) is 47.6 Å². The molecule has 0 aliphatic heterocycles. The Bertz CT molecular complexity index is 1580. The Morgan fingerprint density at radius 2 is 1.38 bits per heavy atom. The summed E-state index contributed by atoms with van der Waals surface area (Å²) in [4.78, 5) is 103. The maximum Gasteiger partial charge on any atom is 0.324 e. The largest absolute Gasteiger partial charge is 0.390 e. The molecule has 0 heterocycles. The number of likely N-dealkylation sites (N-methyl/N-ethyl adjacent to an activating group) is 5. The molecule has 6 N–H and O–H groups in total. The molecule has 0 aliphatic rings. The summed E-state index contributed by atoms with van der Waals surface area (Å²) < 4.78 is 6.00. The molecule has 0 saturated heterocycles.